The largest absolute Gasteiger partial charge is 0.496 e. The average molecular weight is 971 g/mol. The van der Waals surface area contributed by atoms with Crippen LogP contribution in [0.4, 0.5) is 30.8 Å². The molecular weight excluding hydrogens is 919 g/mol. The molecule has 2 aromatic heterocycles. The predicted octanol–water partition coefficient (Wildman–Crippen LogP) is 5.41. The number of hydrogen-bond donors (Lipinski definition) is 3. The molecule has 22 heteroatoms. The van der Waals surface area contributed by atoms with Gasteiger partial charge in [0, 0.05) is 88.2 Å². The number of benzene rings is 3. The summed E-state index contributed by atoms with van der Waals surface area (Å²) >= 11 is 0. The number of piperidine rings is 2. The summed E-state index contributed by atoms with van der Waals surface area (Å²) in [4.78, 5) is 47.6. The lowest BCUT2D eigenvalue weighted by atomic mass is 9.82. The Morgan fingerprint density at radius 3 is 2.49 bits per heavy atom. The Hall–Kier alpha value is -6.67. The van der Waals surface area contributed by atoms with Gasteiger partial charge in [0.1, 0.15) is 28.9 Å². The highest BCUT2D eigenvalue weighted by molar-refractivity contribution is 7.90. The molecule has 1 spiro atoms. The van der Waals surface area contributed by atoms with Gasteiger partial charge < -0.3 is 29.1 Å². The van der Waals surface area contributed by atoms with Crippen molar-refractivity contribution in [2.75, 3.05) is 74.6 Å². The molecule has 0 aliphatic carbocycles. The molecule has 69 heavy (non-hydrogen) atoms. The van der Waals surface area contributed by atoms with Crippen molar-refractivity contribution >= 4 is 67.1 Å². The van der Waals surface area contributed by atoms with E-state index in [1.54, 1.807) is 54.0 Å². The van der Waals surface area contributed by atoms with Gasteiger partial charge in [-0.25, -0.2) is 13.6 Å². The number of carbonyl (C=O) groups is 3. The summed E-state index contributed by atoms with van der Waals surface area (Å²) < 4.78 is 79.9. The maximum Gasteiger partial charge on any atom is 0.329 e. The Bertz CT molecular complexity index is 3040. The lowest BCUT2D eigenvalue weighted by Gasteiger charge is -2.42. The zero-order valence-electron chi connectivity index (χ0n) is 38.6. The Kier molecular flexibility index (Phi) is 12.6. The number of rotatable bonds is 12. The number of aromatic nitrogens is 3. The van der Waals surface area contributed by atoms with Crippen LogP contribution in [0.1, 0.15) is 68.9 Å². The second-order valence-electron chi connectivity index (χ2n) is 18.1. The van der Waals surface area contributed by atoms with Gasteiger partial charge in [-0.3, -0.25) is 34.2 Å². The van der Waals surface area contributed by atoms with E-state index in [9.17, 15) is 33.2 Å². The highest BCUT2D eigenvalue weighted by Crippen LogP contribution is 2.47. The molecule has 3 N–H and O–H groups in total. The first kappa shape index (κ1) is 47.4. The van der Waals surface area contributed by atoms with Crippen molar-refractivity contribution in [1.82, 2.24) is 29.3 Å². The molecule has 4 aliphatic heterocycles. The van der Waals surface area contributed by atoms with Crippen molar-refractivity contribution < 1.29 is 50.9 Å². The number of hydrogen-bond acceptors (Lipinski definition) is 13. The van der Waals surface area contributed by atoms with E-state index in [4.69, 9.17) is 14.2 Å². The number of ether oxygens (including phenoxy) is 3. The summed E-state index contributed by atoms with van der Waals surface area (Å²) in [6.45, 7) is 3.82. The van der Waals surface area contributed by atoms with Gasteiger partial charge in [0.05, 0.1) is 53.7 Å². The zero-order chi connectivity index (χ0) is 49.0. The number of fused-ring (bicyclic) bond motifs is 2. The fraction of sp³-hybridized carbons (Fsp3) is 0.447. The average Bonchev–Trinajstić information content (AvgIpc) is 3.88. The van der Waals surface area contributed by atoms with Gasteiger partial charge in [0.25, 0.3) is 0 Å². The summed E-state index contributed by atoms with van der Waals surface area (Å²) in [5.74, 6) is -1.56. The zero-order valence-corrected chi connectivity index (χ0v) is 39.4. The number of anilines is 3. The van der Waals surface area contributed by atoms with Crippen LogP contribution in [0.5, 0.6) is 17.2 Å². The maximum absolute atomic E-state index is 15.8. The van der Waals surface area contributed by atoms with Crippen LogP contribution >= 0.6 is 0 Å². The number of aryl methyl sites for hydroxylation is 1. The first-order valence-corrected chi connectivity index (χ1v) is 24.2. The number of nitrogens with zero attached hydrogens (tertiary/aromatic N) is 8. The molecule has 6 heterocycles. The number of carbonyl (C=O) groups excluding carboxylic acids is 3. The SMILES string of the molecule is CCN(C)S(=O)(=O)Nc1ccc(F)c(Oc2ccc3ncc([C@H]4COC5(CCN(C(=O)CC6(O)CCN(c7cc8c(cc7F)c(N7CCC(=O)NC7=O)nn8C)CC6)CC5)C4)c(OC)c3c2)c1C#N. The third kappa shape index (κ3) is 9.06. The van der Waals surface area contributed by atoms with Crippen molar-refractivity contribution in [3.63, 3.8) is 0 Å². The number of amides is 4. The number of pyridine rings is 1. The first-order chi connectivity index (χ1) is 32.9. The highest BCUT2D eigenvalue weighted by Gasteiger charge is 2.46. The van der Waals surface area contributed by atoms with E-state index in [0.29, 0.717) is 85.3 Å². The van der Waals surface area contributed by atoms with Crippen molar-refractivity contribution in [3.05, 3.63) is 71.4 Å². The molecule has 4 fully saturated rings. The van der Waals surface area contributed by atoms with E-state index < -0.39 is 44.8 Å². The summed E-state index contributed by atoms with van der Waals surface area (Å²) in [5, 5.41) is 29.4. The molecule has 5 aromatic rings. The topological polar surface area (TPSA) is 225 Å². The first-order valence-electron chi connectivity index (χ1n) is 22.7. The molecule has 9 rings (SSSR count). The minimum Gasteiger partial charge on any atom is -0.496 e. The van der Waals surface area contributed by atoms with Crippen LogP contribution in [-0.2, 0) is 31.6 Å². The second kappa shape index (κ2) is 18.3. The van der Waals surface area contributed by atoms with E-state index in [0.717, 1.165) is 22.0 Å². The second-order valence-corrected chi connectivity index (χ2v) is 19.9. The third-order valence-corrected chi connectivity index (χ3v) is 15.5. The third-order valence-electron chi connectivity index (χ3n) is 14.0. The Morgan fingerprint density at radius 2 is 1.80 bits per heavy atom. The highest BCUT2D eigenvalue weighted by atomic mass is 32.2. The molecule has 4 amide bonds. The lowest BCUT2D eigenvalue weighted by molar-refractivity contribution is -0.142. The van der Waals surface area contributed by atoms with Gasteiger partial charge >= 0.3 is 16.2 Å². The summed E-state index contributed by atoms with van der Waals surface area (Å²) in [6, 6.07) is 11.3. The summed E-state index contributed by atoms with van der Waals surface area (Å²) in [5.41, 5.74) is 0.0297. The van der Waals surface area contributed by atoms with E-state index in [2.05, 4.69) is 20.1 Å². The predicted molar refractivity (Wildman–Crippen MR) is 249 cm³/mol. The molecule has 1 atom stereocenters. The Labute approximate surface area is 396 Å². The Balaban J connectivity index is 0.823. The Morgan fingerprint density at radius 1 is 1.04 bits per heavy atom. The normalized spacial score (nSPS) is 19.3. The number of imide groups is 1. The van der Waals surface area contributed by atoms with Crippen LogP contribution in [0, 0.1) is 23.0 Å². The van der Waals surface area contributed by atoms with Gasteiger partial charge in [-0.15, -0.1) is 0 Å². The van der Waals surface area contributed by atoms with Crippen molar-refractivity contribution in [2.24, 2.45) is 7.05 Å². The number of urea groups is 1. The van der Waals surface area contributed by atoms with E-state index in [1.807, 2.05) is 11.0 Å². The van der Waals surface area contributed by atoms with Crippen LogP contribution in [0.3, 0.4) is 0 Å². The molecule has 0 saturated carbocycles. The van der Waals surface area contributed by atoms with Gasteiger partial charge in [-0.05, 0) is 74.6 Å². The number of methoxy groups -OCH3 is 1. The lowest BCUT2D eigenvalue weighted by Crippen LogP contribution is -2.51. The van der Waals surface area contributed by atoms with Gasteiger partial charge in [-0.2, -0.15) is 23.1 Å². The van der Waals surface area contributed by atoms with Crippen LogP contribution in [0.2, 0.25) is 0 Å². The van der Waals surface area contributed by atoms with Crippen molar-refractivity contribution in [2.45, 2.75) is 69.0 Å². The summed E-state index contributed by atoms with van der Waals surface area (Å²) in [6.07, 6.45) is 4.08. The summed E-state index contributed by atoms with van der Waals surface area (Å²) in [7, 11) is 0.577. The number of nitrogens with one attached hydrogen (secondary N) is 2. The van der Waals surface area contributed by atoms with E-state index in [-0.39, 0.29) is 79.3 Å². The molecule has 19 nitrogen and oxygen atoms in total. The molecule has 0 unspecified atom stereocenters. The van der Waals surface area contributed by atoms with Crippen LogP contribution in [0.15, 0.2) is 48.7 Å². The van der Waals surface area contributed by atoms with E-state index >= 15 is 8.78 Å². The molecule has 4 aliphatic rings. The van der Waals surface area contributed by atoms with Crippen LogP contribution in [0.25, 0.3) is 21.8 Å². The molecule has 4 saturated heterocycles. The van der Waals surface area contributed by atoms with Crippen LogP contribution in [-0.4, -0.2) is 127 Å². The van der Waals surface area contributed by atoms with Gasteiger partial charge in [-0.1, -0.05) is 6.92 Å². The quantitative estimate of drug-likeness (QED) is 0.142. The van der Waals surface area contributed by atoms with Crippen molar-refractivity contribution in [3.8, 4) is 23.3 Å². The standard InChI is InChI=1S/C47H52F2N10O9S/c1-5-55(2)69(64,65)54-37-9-7-34(48)43(32(37)25-50)68-29-6-8-36-30(20-29)42(66-4)33(26-51-36)28-23-47(67-27-28)13-18-58(19-14-47)41(61)24-46(63)11-16-57(17-12-46)39-22-38-31(21-35(39)49)44(53-56(38)3)59-15-10-40(60)52-45(59)62/h6-9,20-22,26,28,54,63H,5,10-19,23-24,27H2,1-4H3,(H,52,60,62)/t28-/m1/s1. The van der Waals surface area contributed by atoms with E-state index in [1.165, 1.54) is 25.1 Å². The number of nitriles is 1. The minimum atomic E-state index is -4.03. The fourth-order valence-electron chi connectivity index (χ4n) is 9.85. The fourth-order valence-corrected chi connectivity index (χ4v) is 10.8. The minimum absolute atomic E-state index is 0.0682. The monoisotopic (exact) mass is 970 g/mol. The van der Waals surface area contributed by atoms with Gasteiger partial charge in [0.15, 0.2) is 17.4 Å². The molecule has 3 aromatic carbocycles. The molecule has 0 bridgehead atoms. The molecule has 0 radical (unpaired) electrons. The van der Waals surface area contributed by atoms with Crippen LogP contribution < -0.4 is 29.3 Å². The maximum atomic E-state index is 15.8. The molecule has 364 valence electrons. The smallest absolute Gasteiger partial charge is 0.329 e. The van der Waals surface area contributed by atoms with Crippen molar-refractivity contribution in [1.29, 1.82) is 5.26 Å². The van der Waals surface area contributed by atoms with Gasteiger partial charge in [0.2, 0.25) is 11.8 Å². The number of halogens is 2. The molecular formula is C47H52F2N10O9S. The number of aliphatic hydroxyl groups is 1. The number of likely N-dealkylation sites (tertiary alicyclic amines) is 1.